The van der Waals surface area contributed by atoms with Gasteiger partial charge < -0.3 is 9.47 Å². The summed E-state index contributed by atoms with van der Waals surface area (Å²) in [5.41, 5.74) is 3.54. The molecule has 2 aromatic carbocycles. The molecule has 0 aliphatic carbocycles. The second-order valence-electron chi connectivity index (χ2n) is 6.97. The predicted octanol–water partition coefficient (Wildman–Crippen LogP) is 4.68. The number of ether oxygens (including phenoxy) is 2. The van der Waals surface area contributed by atoms with E-state index in [0.717, 1.165) is 46.7 Å². The lowest BCUT2D eigenvalue weighted by Gasteiger charge is -2.29. The molecule has 1 fully saturated rings. The average molecular weight is 412 g/mol. The first-order chi connectivity index (χ1) is 14.1. The zero-order valence-electron chi connectivity index (χ0n) is 16.9. The number of carbonyl (C=O) groups excluding carboxylic acids is 1. The SMILES string of the molecule is COc1ccc(/C=C2\CN(CCCCl)C/C(=C\c3ccc(OC)cc3)C2=O)cc1. The molecule has 0 unspecified atom stereocenters. The number of rotatable bonds is 7. The quantitative estimate of drug-likeness (QED) is 0.489. The number of alkyl halides is 1. The molecule has 1 saturated heterocycles. The molecule has 152 valence electrons. The Kier molecular flexibility index (Phi) is 7.50. The monoisotopic (exact) mass is 411 g/mol. The number of methoxy groups -OCH3 is 2. The van der Waals surface area contributed by atoms with Gasteiger partial charge in [0.15, 0.2) is 5.78 Å². The van der Waals surface area contributed by atoms with Gasteiger partial charge in [0.2, 0.25) is 0 Å². The summed E-state index contributed by atoms with van der Waals surface area (Å²) < 4.78 is 10.4. The first-order valence-corrected chi connectivity index (χ1v) is 10.2. The Morgan fingerprint density at radius 2 is 1.31 bits per heavy atom. The Hall–Kier alpha value is -2.56. The molecule has 0 saturated carbocycles. The molecule has 0 N–H and O–H groups in total. The van der Waals surface area contributed by atoms with Crippen LogP contribution in [0.4, 0.5) is 0 Å². The number of halogens is 1. The highest BCUT2D eigenvalue weighted by atomic mass is 35.5. The number of carbonyl (C=O) groups is 1. The van der Waals surface area contributed by atoms with E-state index in [-0.39, 0.29) is 5.78 Å². The van der Waals surface area contributed by atoms with Crippen LogP contribution in [0.25, 0.3) is 12.2 Å². The van der Waals surface area contributed by atoms with Gasteiger partial charge >= 0.3 is 0 Å². The number of nitrogens with zero attached hydrogens (tertiary/aromatic N) is 1. The summed E-state index contributed by atoms with van der Waals surface area (Å²) in [4.78, 5) is 15.4. The molecule has 3 rings (SSSR count). The molecule has 4 nitrogen and oxygen atoms in total. The third-order valence-electron chi connectivity index (χ3n) is 4.89. The Bertz CT molecular complexity index is 816. The van der Waals surface area contributed by atoms with Gasteiger partial charge in [0.25, 0.3) is 0 Å². The molecule has 2 aromatic rings. The number of Topliss-reactive ketones (excluding diaryl/α,β-unsaturated/α-hetero) is 1. The van der Waals surface area contributed by atoms with Gasteiger partial charge in [0.05, 0.1) is 14.2 Å². The maximum absolute atomic E-state index is 13.2. The van der Waals surface area contributed by atoms with Gasteiger partial charge in [-0.15, -0.1) is 11.6 Å². The zero-order valence-corrected chi connectivity index (χ0v) is 17.6. The summed E-state index contributed by atoms with van der Waals surface area (Å²) in [5.74, 6) is 2.30. The largest absolute Gasteiger partial charge is 0.497 e. The smallest absolute Gasteiger partial charge is 0.187 e. The Labute approximate surface area is 177 Å². The molecule has 1 heterocycles. The van der Waals surface area contributed by atoms with E-state index in [1.165, 1.54) is 0 Å². The Morgan fingerprint density at radius 1 is 0.862 bits per heavy atom. The first-order valence-electron chi connectivity index (χ1n) is 9.65. The van der Waals surface area contributed by atoms with Crippen molar-refractivity contribution in [2.24, 2.45) is 0 Å². The fraction of sp³-hybridized carbons (Fsp3) is 0.292. The van der Waals surface area contributed by atoms with Crippen molar-refractivity contribution >= 4 is 29.5 Å². The minimum absolute atomic E-state index is 0.0961. The third kappa shape index (κ3) is 5.72. The molecule has 0 aromatic heterocycles. The lowest BCUT2D eigenvalue weighted by atomic mass is 9.94. The average Bonchev–Trinajstić information content (AvgIpc) is 2.76. The van der Waals surface area contributed by atoms with Gasteiger partial charge in [-0.25, -0.2) is 0 Å². The van der Waals surface area contributed by atoms with Crippen LogP contribution in [-0.4, -0.2) is 50.4 Å². The van der Waals surface area contributed by atoms with E-state index in [9.17, 15) is 4.79 Å². The number of ketones is 1. The van der Waals surface area contributed by atoms with Crippen LogP contribution in [0.1, 0.15) is 17.5 Å². The van der Waals surface area contributed by atoms with Crippen LogP contribution in [0.15, 0.2) is 59.7 Å². The maximum atomic E-state index is 13.2. The van der Waals surface area contributed by atoms with Crippen LogP contribution in [0, 0.1) is 0 Å². The molecule has 0 atom stereocenters. The van der Waals surface area contributed by atoms with Crippen molar-refractivity contribution in [3.8, 4) is 11.5 Å². The standard InChI is InChI=1S/C24H26ClNO3/c1-28-22-8-4-18(5-9-22)14-20-16-26(13-3-12-25)17-21(24(20)27)15-19-6-10-23(29-2)11-7-19/h4-11,14-15H,3,12-13,16-17H2,1-2H3/b20-14+,21-15+. The molecule has 1 aliphatic rings. The van der Waals surface area contributed by atoms with Crippen molar-refractivity contribution < 1.29 is 14.3 Å². The van der Waals surface area contributed by atoms with Crippen molar-refractivity contribution in [3.05, 3.63) is 70.8 Å². The fourth-order valence-corrected chi connectivity index (χ4v) is 3.47. The predicted molar refractivity (Wildman–Crippen MR) is 119 cm³/mol. The summed E-state index contributed by atoms with van der Waals surface area (Å²) in [6.07, 6.45) is 4.83. The van der Waals surface area contributed by atoms with E-state index in [0.29, 0.717) is 19.0 Å². The Balaban J connectivity index is 1.89. The highest BCUT2D eigenvalue weighted by Crippen LogP contribution is 2.24. The number of piperidine rings is 1. The second-order valence-corrected chi connectivity index (χ2v) is 7.35. The van der Waals surface area contributed by atoms with E-state index < -0.39 is 0 Å². The van der Waals surface area contributed by atoms with Crippen molar-refractivity contribution in [1.82, 2.24) is 4.90 Å². The third-order valence-corrected chi connectivity index (χ3v) is 5.16. The van der Waals surface area contributed by atoms with E-state index in [4.69, 9.17) is 21.1 Å². The van der Waals surface area contributed by atoms with Crippen molar-refractivity contribution in [1.29, 1.82) is 0 Å². The topological polar surface area (TPSA) is 38.8 Å². The van der Waals surface area contributed by atoms with Crippen LogP contribution >= 0.6 is 11.6 Å². The number of benzene rings is 2. The first kappa shape index (κ1) is 21.2. The second kappa shape index (κ2) is 10.3. The van der Waals surface area contributed by atoms with Crippen molar-refractivity contribution in [2.45, 2.75) is 6.42 Å². The van der Waals surface area contributed by atoms with Crippen LogP contribution in [0.3, 0.4) is 0 Å². The normalized spacial score (nSPS) is 17.7. The van der Waals surface area contributed by atoms with Crippen molar-refractivity contribution in [3.63, 3.8) is 0 Å². The summed E-state index contributed by atoms with van der Waals surface area (Å²) in [7, 11) is 3.28. The summed E-state index contributed by atoms with van der Waals surface area (Å²) in [5, 5.41) is 0. The number of hydrogen-bond donors (Lipinski definition) is 0. The minimum atomic E-state index is 0.0961. The lowest BCUT2D eigenvalue weighted by Crippen LogP contribution is -2.38. The maximum Gasteiger partial charge on any atom is 0.187 e. The van der Waals surface area contributed by atoms with Crippen molar-refractivity contribution in [2.75, 3.05) is 39.7 Å². The molecule has 0 radical (unpaired) electrons. The van der Waals surface area contributed by atoms with Crippen LogP contribution < -0.4 is 9.47 Å². The zero-order chi connectivity index (χ0) is 20.6. The minimum Gasteiger partial charge on any atom is -0.497 e. The highest BCUT2D eigenvalue weighted by molar-refractivity contribution is 6.17. The van der Waals surface area contributed by atoms with Gasteiger partial charge in [0, 0.05) is 30.1 Å². The van der Waals surface area contributed by atoms with Gasteiger partial charge in [-0.2, -0.15) is 0 Å². The highest BCUT2D eigenvalue weighted by Gasteiger charge is 2.25. The summed E-state index contributed by atoms with van der Waals surface area (Å²) >= 11 is 5.89. The number of likely N-dealkylation sites (tertiary alicyclic amines) is 1. The van der Waals surface area contributed by atoms with Crippen LogP contribution in [-0.2, 0) is 4.79 Å². The lowest BCUT2D eigenvalue weighted by molar-refractivity contribution is -0.113. The van der Waals surface area contributed by atoms with Gasteiger partial charge in [-0.05, 0) is 60.5 Å². The molecule has 5 heteroatoms. The van der Waals surface area contributed by atoms with E-state index in [1.54, 1.807) is 14.2 Å². The molecule has 1 aliphatic heterocycles. The van der Waals surface area contributed by atoms with E-state index in [1.807, 2.05) is 60.7 Å². The molecule has 0 spiro atoms. The van der Waals surface area contributed by atoms with E-state index >= 15 is 0 Å². The molecule has 0 amide bonds. The molecular formula is C24H26ClNO3. The van der Waals surface area contributed by atoms with Gasteiger partial charge in [-0.3, -0.25) is 9.69 Å². The summed E-state index contributed by atoms with van der Waals surface area (Å²) in [6, 6.07) is 15.5. The van der Waals surface area contributed by atoms with Gasteiger partial charge in [0.1, 0.15) is 11.5 Å². The van der Waals surface area contributed by atoms with E-state index in [2.05, 4.69) is 4.90 Å². The fourth-order valence-electron chi connectivity index (χ4n) is 3.35. The van der Waals surface area contributed by atoms with Gasteiger partial charge in [-0.1, -0.05) is 24.3 Å². The molecule has 29 heavy (non-hydrogen) atoms. The molecular weight excluding hydrogens is 386 g/mol. The van der Waals surface area contributed by atoms with Crippen LogP contribution in [0.2, 0.25) is 0 Å². The molecule has 0 bridgehead atoms. The Morgan fingerprint density at radius 3 is 1.69 bits per heavy atom. The van der Waals surface area contributed by atoms with Crippen LogP contribution in [0.5, 0.6) is 11.5 Å². The number of hydrogen-bond acceptors (Lipinski definition) is 4. The summed E-state index contributed by atoms with van der Waals surface area (Å²) in [6.45, 7) is 2.11.